The number of alkyl halides is 3. The molecule has 1 spiro atoms. The Kier molecular flexibility index (Phi) is 6.18. The highest BCUT2D eigenvalue weighted by Crippen LogP contribution is 2.58. The van der Waals surface area contributed by atoms with E-state index >= 15 is 0 Å². The number of hydrogen-bond acceptors (Lipinski definition) is 5. The molecule has 1 aromatic heterocycles. The van der Waals surface area contributed by atoms with E-state index in [4.69, 9.17) is 19.2 Å². The van der Waals surface area contributed by atoms with Gasteiger partial charge in [-0.2, -0.15) is 13.2 Å². The largest absolute Gasteiger partial charge is 0.416 e. The second-order valence-corrected chi connectivity index (χ2v) is 11.8. The molecule has 1 N–H and O–H groups in total. The number of aliphatic hydroxyl groups is 1. The summed E-state index contributed by atoms with van der Waals surface area (Å²) in [6.45, 7) is 6.69. The summed E-state index contributed by atoms with van der Waals surface area (Å²) < 4.78 is 58.3. The van der Waals surface area contributed by atoms with Gasteiger partial charge in [-0.05, 0) is 54.4 Å². The van der Waals surface area contributed by atoms with E-state index in [1.807, 2.05) is 0 Å². The maximum Gasteiger partial charge on any atom is 0.416 e. The zero-order valence-electron chi connectivity index (χ0n) is 21.4. The molecule has 1 unspecified atom stereocenters. The first-order valence-electron chi connectivity index (χ1n) is 13.3. The van der Waals surface area contributed by atoms with Crippen molar-refractivity contribution in [3.05, 3.63) is 63.5 Å². The topological polar surface area (TPSA) is 60.8 Å². The lowest BCUT2D eigenvalue weighted by Gasteiger charge is -2.40. The summed E-state index contributed by atoms with van der Waals surface area (Å²) in [4.78, 5) is 5.26. The van der Waals surface area contributed by atoms with Gasteiger partial charge in [0, 0.05) is 62.0 Å². The molecule has 2 saturated heterocycles. The van der Waals surface area contributed by atoms with Crippen molar-refractivity contribution < 1.29 is 32.5 Å². The minimum Gasteiger partial charge on any atom is -0.388 e. The number of rotatable bonds is 2. The van der Waals surface area contributed by atoms with Gasteiger partial charge in [-0.25, -0.2) is 0 Å². The van der Waals surface area contributed by atoms with Crippen molar-refractivity contribution in [2.75, 3.05) is 26.4 Å². The lowest BCUT2D eigenvalue weighted by atomic mass is 9.69. The summed E-state index contributed by atoms with van der Waals surface area (Å²) in [7, 11) is 0. The summed E-state index contributed by atoms with van der Waals surface area (Å²) >= 11 is 0. The van der Waals surface area contributed by atoms with Crippen molar-refractivity contribution in [2.45, 2.75) is 82.3 Å². The summed E-state index contributed by atoms with van der Waals surface area (Å²) in [5, 5.41) is 11.5. The van der Waals surface area contributed by atoms with Gasteiger partial charge in [0.25, 0.3) is 0 Å². The minimum absolute atomic E-state index is 0.0876. The van der Waals surface area contributed by atoms with Crippen LogP contribution in [-0.4, -0.2) is 36.5 Å². The third kappa shape index (κ3) is 4.40. The lowest BCUT2D eigenvalue weighted by molar-refractivity contribution is -0.137. The van der Waals surface area contributed by atoms with Crippen LogP contribution in [0.3, 0.4) is 0 Å². The minimum atomic E-state index is -4.40. The number of fused-ring (bicyclic) bond motifs is 4. The second-order valence-electron chi connectivity index (χ2n) is 11.8. The first kappa shape index (κ1) is 25.3. The fraction of sp³-hybridized carbons (Fsp3) is 0.621. The molecular weight excluding hydrogens is 483 g/mol. The van der Waals surface area contributed by atoms with Gasteiger partial charge in [-0.15, -0.1) is 0 Å². The molecule has 4 aliphatic rings. The molecule has 0 amide bonds. The summed E-state index contributed by atoms with van der Waals surface area (Å²) in [5.74, 6) is 0.172. The van der Waals surface area contributed by atoms with Gasteiger partial charge in [0.15, 0.2) is 0 Å². The van der Waals surface area contributed by atoms with Crippen molar-refractivity contribution in [3.8, 4) is 0 Å². The molecule has 0 radical (unpaired) electrons. The number of aliphatic hydroxyl groups excluding tert-OH is 1. The number of nitrogens with zero attached hydrogens (tertiary/aromatic N) is 1. The molecule has 8 heteroatoms. The lowest BCUT2D eigenvalue weighted by Crippen LogP contribution is -2.37. The molecule has 5 nitrogen and oxygen atoms in total. The first-order chi connectivity index (χ1) is 17.6. The Labute approximate surface area is 215 Å². The van der Waals surface area contributed by atoms with Gasteiger partial charge >= 0.3 is 6.18 Å². The molecule has 2 fully saturated rings. The standard InChI is InChI=1S/C29H34F3NO4/c1-27(2)15-20-22(21(34)16-27)24-23(25(33-20)17-7-11-35-12-8-17)26(37-28(24)9-13-36-14-10-28)18-3-5-19(6-4-18)29(30,31)32/h3-6,17,21,26,34H,7-16H2,1-2H3/t21?,26-/m1/s1. The van der Waals surface area contributed by atoms with Crippen LogP contribution < -0.4 is 0 Å². The molecular formula is C29H34F3NO4. The number of hydrogen-bond donors (Lipinski definition) is 1. The Morgan fingerprint density at radius 1 is 0.946 bits per heavy atom. The third-order valence-electron chi connectivity index (χ3n) is 8.62. The maximum atomic E-state index is 13.3. The van der Waals surface area contributed by atoms with Gasteiger partial charge in [0.1, 0.15) is 6.10 Å². The Balaban J connectivity index is 1.58. The zero-order chi connectivity index (χ0) is 26.0. The van der Waals surface area contributed by atoms with Crippen molar-refractivity contribution in [3.63, 3.8) is 0 Å². The van der Waals surface area contributed by atoms with Gasteiger partial charge in [-0.3, -0.25) is 4.98 Å². The normalized spacial score (nSPS) is 27.2. The quantitative estimate of drug-likeness (QED) is 0.520. The van der Waals surface area contributed by atoms with Crippen molar-refractivity contribution in [1.82, 2.24) is 4.98 Å². The van der Waals surface area contributed by atoms with Crippen molar-refractivity contribution >= 4 is 0 Å². The monoisotopic (exact) mass is 517 g/mol. The second kappa shape index (κ2) is 9.04. The molecule has 1 aliphatic carbocycles. The summed E-state index contributed by atoms with van der Waals surface area (Å²) in [6, 6.07) is 5.32. The predicted molar refractivity (Wildman–Crippen MR) is 130 cm³/mol. The van der Waals surface area contributed by atoms with E-state index in [0.717, 1.165) is 59.5 Å². The molecule has 3 aliphatic heterocycles. The maximum absolute atomic E-state index is 13.3. The summed E-state index contributed by atoms with van der Waals surface area (Å²) in [5.41, 5.74) is 4.01. The molecule has 1 aromatic carbocycles. The van der Waals surface area contributed by atoms with Gasteiger partial charge in [-0.1, -0.05) is 26.0 Å². The highest BCUT2D eigenvalue weighted by molar-refractivity contribution is 5.54. The van der Waals surface area contributed by atoms with Crippen LogP contribution in [-0.2, 0) is 32.4 Å². The van der Waals surface area contributed by atoms with Crippen LogP contribution in [0, 0.1) is 5.41 Å². The van der Waals surface area contributed by atoms with Crippen LogP contribution in [0.4, 0.5) is 13.2 Å². The van der Waals surface area contributed by atoms with E-state index in [9.17, 15) is 18.3 Å². The molecule has 4 heterocycles. The van der Waals surface area contributed by atoms with Gasteiger partial charge < -0.3 is 19.3 Å². The molecule has 37 heavy (non-hydrogen) atoms. The Morgan fingerprint density at radius 2 is 1.59 bits per heavy atom. The number of ether oxygens (including phenoxy) is 3. The van der Waals surface area contributed by atoms with E-state index < -0.39 is 29.5 Å². The summed E-state index contributed by atoms with van der Waals surface area (Å²) in [6.07, 6.45) is -1.29. The van der Waals surface area contributed by atoms with Crippen LogP contribution >= 0.6 is 0 Å². The number of pyridine rings is 1. The van der Waals surface area contributed by atoms with Crippen LogP contribution in [0.2, 0.25) is 0 Å². The Hall–Kier alpha value is -2.00. The van der Waals surface area contributed by atoms with Crippen LogP contribution in [0.15, 0.2) is 24.3 Å². The van der Waals surface area contributed by atoms with Crippen LogP contribution in [0.1, 0.15) is 103 Å². The third-order valence-corrected chi connectivity index (χ3v) is 8.62. The molecule has 2 atom stereocenters. The molecule has 200 valence electrons. The van der Waals surface area contributed by atoms with Crippen molar-refractivity contribution in [1.29, 1.82) is 0 Å². The average molecular weight is 518 g/mol. The Morgan fingerprint density at radius 3 is 2.24 bits per heavy atom. The first-order valence-corrected chi connectivity index (χ1v) is 13.3. The van der Waals surface area contributed by atoms with Crippen molar-refractivity contribution in [2.24, 2.45) is 5.41 Å². The zero-order valence-corrected chi connectivity index (χ0v) is 21.4. The molecule has 6 rings (SSSR count). The van der Waals surface area contributed by atoms with E-state index in [-0.39, 0.29) is 11.3 Å². The van der Waals surface area contributed by atoms with E-state index in [2.05, 4.69) is 13.8 Å². The fourth-order valence-electron chi connectivity index (χ4n) is 6.86. The molecule has 2 aromatic rings. The SMILES string of the molecule is CC1(C)Cc2nc(C3CCOCC3)c3c(c2C(O)C1)C1(CCOCC1)O[C@@H]3c1ccc(C(F)(F)F)cc1. The van der Waals surface area contributed by atoms with E-state index in [1.165, 1.54) is 12.1 Å². The predicted octanol–water partition coefficient (Wildman–Crippen LogP) is 6.13. The van der Waals surface area contributed by atoms with E-state index in [1.54, 1.807) is 0 Å². The number of halogens is 3. The van der Waals surface area contributed by atoms with Gasteiger partial charge in [0.05, 0.1) is 23.0 Å². The van der Waals surface area contributed by atoms with Gasteiger partial charge in [0.2, 0.25) is 0 Å². The van der Waals surface area contributed by atoms with E-state index in [0.29, 0.717) is 51.3 Å². The van der Waals surface area contributed by atoms with Crippen LogP contribution in [0.5, 0.6) is 0 Å². The Bertz CT molecular complexity index is 1170. The van der Waals surface area contributed by atoms with Crippen LogP contribution in [0.25, 0.3) is 0 Å². The molecule has 0 saturated carbocycles. The highest BCUT2D eigenvalue weighted by Gasteiger charge is 2.52. The average Bonchev–Trinajstić information content (AvgIpc) is 3.17. The number of benzene rings is 1. The highest BCUT2D eigenvalue weighted by atomic mass is 19.4. The number of aromatic nitrogens is 1. The smallest absolute Gasteiger partial charge is 0.388 e. The molecule has 0 bridgehead atoms. The fourth-order valence-corrected chi connectivity index (χ4v) is 6.86.